The van der Waals surface area contributed by atoms with Gasteiger partial charge in [-0.25, -0.2) is 9.97 Å². The Morgan fingerprint density at radius 3 is 2.54 bits per heavy atom. The Morgan fingerprint density at radius 2 is 1.75 bits per heavy atom. The van der Waals surface area contributed by atoms with Crippen molar-refractivity contribution in [2.75, 3.05) is 5.32 Å². The Kier molecular flexibility index (Phi) is 3.80. The van der Waals surface area contributed by atoms with Crippen LogP contribution in [0.15, 0.2) is 61.2 Å². The summed E-state index contributed by atoms with van der Waals surface area (Å²) in [4.78, 5) is 8.38. The minimum Gasteiger partial charge on any atom is -0.321 e. The molecule has 1 N–H and O–H groups in total. The van der Waals surface area contributed by atoms with Crippen molar-refractivity contribution in [1.82, 2.24) is 24.8 Å². The molecule has 118 valence electrons. The van der Waals surface area contributed by atoms with E-state index in [0.717, 1.165) is 33.8 Å². The van der Waals surface area contributed by atoms with Crippen LogP contribution < -0.4 is 5.32 Å². The Hall–Kier alpha value is -2.99. The number of halogens is 1. The molecule has 1 aromatic carbocycles. The van der Waals surface area contributed by atoms with Crippen molar-refractivity contribution in [1.29, 1.82) is 0 Å². The fourth-order valence-electron chi connectivity index (χ4n) is 2.53. The molecule has 0 atom stereocenters. The topological polar surface area (TPSA) is 68.0 Å². The van der Waals surface area contributed by atoms with Gasteiger partial charge in [0.25, 0.3) is 0 Å². The Labute approximate surface area is 143 Å². The van der Waals surface area contributed by atoms with Gasteiger partial charge in [-0.3, -0.25) is 0 Å². The van der Waals surface area contributed by atoms with Crippen molar-refractivity contribution in [2.24, 2.45) is 0 Å². The molecule has 0 amide bonds. The highest BCUT2D eigenvalue weighted by molar-refractivity contribution is 6.30. The lowest BCUT2D eigenvalue weighted by atomic mass is 10.1. The largest absolute Gasteiger partial charge is 0.321 e. The number of rotatable bonds is 4. The van der Waals surface area contributed by atoms with Crippen LogP contribution in [0.5, 0.6) is 0 Å². The van der Waals surface area contributed by atoms with Gasteiger partial charge in [-0.2, -0.15) is 10.2 Å². The van der Waals surface area contributed by atoms with Gasteiger partial charge in [0, 0.05) is 23.6 Å². The van der Waals surface area contributed by atoms with Gasteiger partial charge >= 0.3 is 0 Å². The SMILES string of the molecule is Clc1ccc(Cc2ccnn3ncc(Nc4ncccn4)c23)cc1. The highest BCUT2D eigenvalue weighted by Crippen LogP contribution is 2.24. The third-order valence-corrected chi connectivity index (χ3v) is 3.88. The molecule has 0 bridgehead atoms. The predicted octanol–water partition coefficient (Wildman–Crippen LogP) is 3.51. The molecule has 0 aliphatic rings. The lowest BCUT2D eigenvalue weighted by Crippen LogP contribution is -2.00. The summed E-state index contributed by atoms with van der Waals surface area (Å²) in [5.41, 5.74) is 3.98. The zero-order chi connectivity index (χ0) is 16.4. The Balaban J connectivity index is 1.73. The molecule has 3 aromatic heterocycles. The number of benzene rings is 1. The summed E-state index contributed by atoms with van der Waals surface area (Å²) in [5, 5.41) is 12.5. The monoisotopic (exact) mass is 336 g/mol. The van der Waals surface area contributed by atoms with Gasteiger partial charge in [-0.05, 0) is 41.8 Å². The van der Waals surface area contributed by atoms with Crippen LogP contribution >= 0.6 is 11.6 Å². The second-order valence-corrected chi connectivity index (χ2v) is 5.69. The van der Waals surface area contributed by atoms with Gasteiger partial charge < -0.3 is 5.32 Å². The zero-order valence-corrected chi connectivity index (χ0v) is 13.4. The van der Waals surface area contributed by atoms with E-state index in [1.807, 2.05) is 30.3 Å². The molecule has 7 heteroatoms. The Bertz CT molecular complexity index is 965. The average molecular weight is 337 g/mol. The number of nitrogens with one attached hydrogen (secondary N) is 1. The minimum atomic E-state index is 0.522. The summed E-state index contributed by atoms with van der Waals surface area (Å²) >= 11 is 5.96. The van der Waals surface area contributed by atoms with Gasteiger partial charge in [0.1, 0.15) is 5.52 Å². The Morgan fingerprint density at radius 1 is 0.958 bits per heavy atom. The molecule has 0 unspecified atom stereocenters. The van der Waals surface area contributed by atoms with Gasteiger partial charge in [-0.1, -0.05) is 23.7 Å². The first-order valence-electron chi connectivity index (χ1n) is 7.40. The maximum Gasteiger partial charge on any atom is 0.227 e. The predicted molar refractivity (Wildman–Crippen MR) is 92.6 cm³/mol. The summed E-state index contributed by atoms with van der Waals surface area (Å²) in [5.74, 6) is 0.522. The van der Waals surface area contributed by atoms with Crippen LogP contribution in [0.3, 0.4) is 0 Å². The number of hydrogen-bond acceptors (Lipinski definition) is 5. The number of hydrogen-bond donors (Lipinski definition) is 1. The van der Waals surface area contributed by atoms with Crippen LogP contribution in [-0.2, 0) is 6.42 Å². The quantitative estimate of drug-likeness (QED) is 0.617. The molecular weight excluding hydrogens is 324 g/mol. The van der Waals surface area contributed by atoms with E-state index >= 15 is 0 Å². The van der Waals surface area contributed by atoms with E-state index in [4.69, 9.17) is 11.6 Å². The highest BCUT2D eigenvalue weighted by Gasteiger charge is 2.11. The number of aromatic nitrogens is 5. The van der Waals surface area contributed by atoms with Crippen LogP contribution in [0.25, 0.3) is 5.52 Å². The molecule has 6 nitrogen and oxygen atoms in total. The number of nitrogens with zero attached hydrogens (tertiary/aromatic N) is 5. The molecular formula is C17H13ClN6. The zero-order valence-electron chi connectivity index (χ0n) is 12.6. The van der Waals surface area contributed by atoms with Crippen LogP contribution in [0, 0.1) is 0 Å². The summed E-state index contributed by atoms with van der Waals surface area (Å²) in [6.45, 7) is 0. The summed E-state index contributed by atoms with van der Waals surface area (Å²) < 4.78 is 1.61. The standard InChI is InChI=1S/C17H13ClN6/c18-14-4-2-12(3-5-14)10-13-6-9-21-24-16(13)15(11-22-24)23-17-19-7-1-8-20-17/h1-9,11H,10H2,(H,19,20,23). The maximum absolute atomic E-state index is 5.96. The lowest BCUT2D eigenvalue weighted by Gasteiger charge is -2.07. The van der Waals surface area contributed by atoms with Gasteiger partial charge in [-0.15, -0.1) is 4.63 Å². The van der Waals surface area contributed by atoms with E-state index in [-0.39, 0.29) is 0 Å². The first-order valence-corrected chi connectivity index (χ1v) is 7.78. The van der Waals surface area contributed by atoms with Gasteiger partial charge in [0.2, 0.25) is 5.95 Å². The van der Waals surface area contributed by atoms with Crippen molar-refractivity contribution in [2.45, 2.75) is 6.42 Å². The second kappa shape index (κ2) is 6.25. The maximum atomic E-state index is 5.96. The van der Waals surface area contributed by atoms with E-state index in [1.54, 1.807) is 35.5 Å². The lowest BCUT2D eigenvalue weighted by molar-refractivity contribution is 0.793. The van der Waals surface area contributed by atoms with Crippen LogP contribution in [0.1, 0.15) is 11.1 Å². The number of anilines is 2. The third-order valence-electron chi connectivity index (χ3n) is 3.63. The minimum absolute atomic E-state index is 0.522. The van der Waals surface area contributed by atoms with Gasteiger partial charge in [0.15, 0.2) is 0 Å². The first kappa shape index (κ1) is 14.6. The van der Waals surface area contributed by atoms with Crippen LogP contribution in [0.4, 0.5) is 11.6 Å². The highest BCUT2D eigenvalue weighted by atomic mass is 35.5. The molecule has 4 rings (SSSR count). The van der Waals surface area contributed by atoms with Crippen molar-refractivity contribution >= 4 is 28.8 Å². The normalized spacial score (nSPS) is 10.9. The fraction of sp³-hybridized carbons (Fsp3) is 0.0588. The van der Waals surface area contributed by atoms with Crippen molar-refractivity contribution in [3.63, 3.8) is 0 Å². The number of fused-ring (bicyclic) bond motifs is 1. The van der Waals surface area contributed by atoms with Crippen LogP contribution in [-0.4, -0.2) is 24.8 Å². The van der Waals surface area contributed by atoms with Crippen molar-refractivity contribution in [3.05, 3.63) is 77.3 Å². The van der Waals surface area contributed by atoms with E-state index in [2.05, 4.69) is 25.5 Å². The van der Waals surface area contributed by atoms with E-state index < -0.39 is 0 Å². The molecule has 0 fully saturated rings. The van der Waals surface area contributed by atoms with Gasteiger partial charge in [0.05, 0.1) is 11.9 Å². The molecule has 4 aromatic rings. The summed E-state index contributed by atoms with van der Waals surface area (Å²) in [7, 11) is 0. The van der Waals surface area contributed by atoms with Crippen molar-refractivity contribution < 1.29 is 0 Å². The molecule has 0 aliphatic carbocycles. The smallest absolute Gasteiger partial charge is 0.227 e. The van der Waals surface area contributed by atoms with E-state index in [0.29, 0.717) is 5.95 Å². The van der Waals surface area contributed by atoms with Crippen LogP contribution in [0.2, 0.25) is 5.02 Å². The average Bonchev–Trinajstić information content (AvgIpc) is 3.02. The molecule has 3 heterocycles. The van der Waals surface area contributed by atoms with E-state index in [1.165, 1.54) is 0 Å². The summed E-state index contributed by atoms with van der Waals surface area (Å²) in [6.07, 6.45) is 7.60. The van der Waals surface area contributed by atoms with Crippen molar-refractivity contribution in [3.8, 4) is 0 Å². The van der Waals surface area contributed by atoms with E-state index in [9.17, 15) is 0 Å². The third kappa shape index (κ3) is 2.91. The molecule has 0 aliphatic heterocycles. The molecule has 0 saturated carbocycles. The fourth-order valence-corrected chi connectivity index (χ4v) is 2.66. The first-order chi connectivity index (χ1) is 11.8. The summed E-state index contributed by atoms with van der Waals surface area (Å²) in [6, 6.07) is 11.6. The molecule has 0 saturated heterocycles. The molecule has 0 radical (unpaired) electrons. The molecule has 0 spiro atoms. The molecule has 24 heavy (non-hydrogen) atoms. The second-order valence-electron chi connectivity index (χ2n) is 5.25.